The average Bonchev–Trinajstić information content (AvgIpc) is 2.98. The number of sulfone groups is 1. The molecule has 10 nitrogen and oxygen atoms in total. The van der Waals surface area contributed by atoms with Crippen LogP contribution in [0.25, 0.3) is 0 Å². The molecule has 0 bridgehead atoms. The number of rotatable bonds is 8. The third-order valence-electron chi connectivity index (χ3n) is 6.62. The van der Waals surface area contributed by atoms with Gasteiger partial charge in [-0.05, 0) is 55.3 Å². The molecule has 1 N–H and O–H groups in total. The lowest BCUT2D eigenvalue weighted by Gasteiger charge is -2.32. The van der Waals surface area contributed by atoms with E-state index in [9.17, 15) is 23.3 Å². The highest BCUT2D eigenvalue weighted by molar-refractivity contribution is 7.92. The molecule has 1 fully saturated rings. The monoisotopic (exact) mass is 543 g/mol. The minimum atomic E-state index is -3.60. The largest absolute Gasteiger partial charge is 0.351 e. The van der Waals surface area contributed by atoms with Crippen LogP contribution in [0, 0.1) is 10.1 Å². The second-order valence-corrected chi connectivity index (χ2v) is 11.3. The van der Waals surface area contributed by atoms with Gasteiger partial charge in [-0.1, -0.05) is 36.4 Å². The highest BCUT2D eigenvalue weighted by Crippen LogP contribution is 2.33. The molecule has 5 rings (SSSR count). The third kappa shape index (κ3) is 5.63. The maximum atomic E-state index is 13.0. The van der Waals surface area contributed by atoms with Crippen molar-refractivity contribution in [3.05, 3.63) is 112 Å². The molecule has 1 aliphatic rings. The van der Waals surface area contributed by atoms with E-state index in [1.54, 1.807) is 53.4 Å². The Labute approximate surface area is 225 Å². The molecular weight excluding hydrogens is 518 g/mol. The van der Waals surface area contributed by atoms with E-state index in [2.05, 4.69) is 15.3 Å². The molecule has 1 aliphatic heterocycles. The zero-order chi connectivity index (χ0) is 27.4. The zero-order valence-electron chi connectivity index (χ0n) is 20.8. The van der Waals surface area contributed by atoms with Gasteiger partial charge in [-0.15, -0.1) is 0 Å². The van der Waals surface area contributed by atoms with Gasteiger partial charge in [0.25, 0.3) is 0 Å². The number of nitrogens with one attached hydrogen (secondary N) is 1. The van der Waals surface area contributed by atoms with Gasteiger partial charge in [-0.2, -0.15) is 0 Å². The molecule has 0 saturated carbocycles. The van der Waals surface area contributed by atoms with Crippen molar-refractivity contribution >= 4 is 38.6 Å². The van der Waals surface area contributed by atoms with E-state index in [-0.39, 0.29) is 22.3 Å². The Balaban J connectivity index is 1.31. The first-order valence-corrected chi connectivity index (χ1v) is 13.9. The number of aromatic nitrogens is 2. The number of benzene rings is 2. The predicted molar refractivity (Wildman–Crippen MR) is 147 cm³/mol. The van der Waals surface area contributed by atoms with Gasteiger partial charge in [-0.25, -0.2) is 18.4 Å². The van der Waals surface area contributed by atoms with Gasteiger partial charge in [0.15, 0.2) is 20.6 Å². The van der Waals surface area contributed by atoms with Crippen molar-refractivity contribution in [3.63, 3.8) is 0 Å². The first kappa shape index (κ1) is 26.0. The summed E-state index contributed by atoms with van der Waals surface area (Å²) in [7, 11) is -3.60. The van der Waals surface area contributed by atoms with Gasteiger partial charge >= 0.3 is 5.69 Å². The van der Waals surface area contributed by atoms with Crippen molar-refractivity contribution in [3.8, 4) is 0 Å². The maximum absolute atomic E-state index is 13.0. The lowest BCUT2D eigenvalue weighted by molar-refractivity contribution is -0.384. The van der Waals surface area contributed by atoms with Crippen LogP contribution in [0.1, 0.15) is 28.8 Å². The van der Waals surface area contributed by atoms with Crippen LogP contribution in [0.2, 0.25) is 0 Å². The molecule has 0 amide bonds. The molecule has 2 aromatic heterocycles. The third-order valence-corrected chi connectivity index (χ3v) is 8.79. The number of carbonyl (C=O) groups is 1. The number of ketones is 1. The fourth-order valence-electron chi connectivity index (χ4n) is 4.56. The van der Waals surface area contributed by atoms with Gasteiger partial charge in [-0.3, -0.25) is 14.9 Å². The van der Waals surface area contributed by atoms with Crippen LogP contribution in [0.5, 0.6) is 0 Å². The van der Waals surface area contributed by atoms with E-state index in [0.717, 1.165) is 0 Å². The minimum absolute atomic E-state index is 0.0373. The Hall–Kier alpha value is -4.64. The van der Waals surface area contributed by atoms with E-state index in [1.165, 1.54) is 24.4 Å². The topological polar surface area (TPSA) is 135 Å². The quantitative estimate of drug-likeness (QED) is 0.189. The number of nitro groups is 1. The first-order chi connectivity index (χ1) is 18.8. The average molecular weight is 544 g/mol. The van der Waals surface area contributed by atoms with Crippen molar-refractivity contribution < 1.29 is 18.1 Å². The van der Waals surface area contributed by atoms with Gasteiger partial charge in [0.05, 0.1) is 10.2 Å². The predicted octanol–water partition coefficient (Wildman–Crippen LogP) is 4.80. The lowest BCUT2D eigenvalue weighted by atomic mass is 10.0. The number of nitrogens with zero attached hydrogens (tertiary/aromatic N) is 4. The smallest absolute Gasteiger partial charge is 0.311 e. The van der Waals surface area contributed by atoms with E-state index < -0.39 is 20.0 Å². The molecule has 198 valence electrons. The summed E-state index contributed by atoms with van der Waals surface area (Å²) in [5, 5.41) is 14.3. The molecular formula is C28H25N5O5S. The number of hydrogen-bond donors (Lipinski definition) is 1. The van der Waals surface area contributed by atoms with Crippen LogP contribution in [-0.4, -0.2) is 47.4 Å². The van der Waals surface area contributed by atoms with Crippen molar-refractivity contribution in [1.82, 2.24) is 9.97 Å². The highest BCUT2D eigenvalue weighted by atomic mass is 32.2. The number of carbonyl (C=O) groups excluding carboxylic acids is 1. The first-order valence-electron chi connectivity index (χ1n) is 12.3. The highest BCUT2D eigenvalue weighted by Gasteiger charge is 2.34. The van der Waals surface area contributed by atoms with Crippen LogP contribution in [0.4, 0.5) is 23.0 Å². The van der Waals surface area contributed by atoms with Gasteiger partial charge < -0.3 is 10.2 Å². The molecule has 0 atom stereocenters. The summed E-state index contributed by atoms with van der Waals surface area (Å²) < 4.78 is 25.9. The second kappa shape index (κ2) is 11.0. The Morgan fingerprint density at radius 2 is 1.56 bits per heavy atom. The van der Waals surface area contributed by atoms with E-state index in [1.807, 2.05) is 18.2 Å². The van der Waals surface area contributed by atoms with E-state index in [4.69, 9.17) is 0 Å². The van der Waals surface area contributed by atoms with Crippen molar-refractivity contribution in [2.24, 2.45) is 0 Å². The summed E-state index contributed by atoms with van der Waals surface area (Å²) >= 11 is 0. The van der Waals surface area contributed by atoms with Crippen molar-refractivity contribution in [2.45, 2.75) is 23.1 Å². The SMILES string of the molecule is O=C(c1ccccc1)c1ccc(Nc2ccc([N+](=O)[O-])c(N3CCC(S(=O)(=O)c4ccccn4)CC3)n2)cc1. The molecule has 0 aliphatic carbocycles. The molecule has 0 spiro atoms. The Kier molecular flexibility index (Phi) is 7.33. The molecule has 0 unspecified atom stereocenters. The molecule has 3 heterocycles. The van der Waals surface area contributed by atoms with Crippen LogP contribution < -0.4 is 10.2 Å². The molecule has 11 heteroatoms. The summed E-state index contributed by atoms with van der Waals surface area (Å²) in [4.78, 5) is 34.2. The Morgan fingerprint density at radius 1 is 0.897 bits per heavy atom. The van der Waals surface area contributed by atoms with Crippen LogP contribution in [-0.2, 0) is 9.84 Å². The van der Waals surface area contributed by atoms with Crippen molar-refractivity contribution in [2.75, 3.05) is 23.3 Å². The molecule has 0 radical (unpaired) electrons. The minimum Gasteiger partial charge on any atom is -0.351 e. The van der Waals surface area contributed by atoms with Crippen LogP contribution in [0.3, 0.4) is 0 Å². The Morgan fingerprint density at radius 3 is 2.21 bits per heavy atom. The summed E-state index contributed by atoms with van der Waals surface area (Å²) in [6.45, 7) is 0.592. The number of pyridine rings is 2. The van der Waals surface area contributed by atoms with Gasteiger partial charge in [0, 0.05) is 42.2 Å². The summed E-state index contributed by atoms with van der Waals surface area (Å²) in [5.41, 5.74) is 1.63. The van der Waals surface area contributed by atoms with E-state index >= 15 is 0 Å². The zero-order valence-corrected chi connectivity index (χ0v) is 21.6. The molecule has 4 aromatic rings. The number of anilines is 3. The fourth-order valence-corrected chi connectivity index (χ4v) is 6.21. The number of piperidine rings is 1. The molecule has 1 saturated heterocycles. The summed E-state index contributed by atoms with van der Waals surface area (Å²) in [5.74, 6) is 0.474. The standard InChI is InChI=1S/C28H25N5O5S/c34-27(20-6-2-1-3-7-20)21-9-11-22(12-10-21)30-25-14-13-24(33(35)36)28(31-25)32-18-15-23(16-19-32)39(37,38)26-8-4-5-17-29-26/h1-14,17,23H,15-16,18-19H2,(H,30,31). The van der Waals surface area contributed by atoms with Gasteiger partial charge in [0.1, 0.15) is 5.82 Å². The molecule has 2 aromatic carbocycles. The van der Waals surface area contributed by atoms with Gasteiger partial charge in [0.2, 0.25) is 5.82 Å². The summed E-state index contributed by atoms with van der Waals surface area (Å²) in [6, 6.07) is 23.6. The lowest BCUT2D eigenvalue weighted by Crippen LogP contribution is -2.40. The normalized spacial score (nSPS) is 14.1. The van der Waals surface area contributed by atoms with E-state index in [0.29, 0.717) is 48.6 Å². The van der Waals surface area contributed by atoms with Crippen LogP contribution >= 0.6 is 0 Å². The summed E-state index contributed by atoms with van der Waals surface area (Å²) in [6.07, 6.45) is 2.04. The van der Waals surface area contributed by atoms with Crippen LogP contribution in [0.15, 0.2) is 96.2 Å². The number of hydrogen-bond acceptors (Lipinski definition) is 9. The molecule has 39 heavy (non-hydrogen) atoms. The Bertz CT molecular complexity index is 1590. The fraction of sp³-hybridized carbons (Fsp3) is 0.179. The van der Waals surface area contributed by atoms with Crippen molar-refractivity contribution in [1.29, 1.82) is 0 Å². The second-order valence-electron chi connectivity index (χ2n) is 9.09. The maximum Gasteiger partial charge on any atom is 0.311 e.